The van der Waals surface area contributed by atoms with E-state index >= 15 is 0 Å². The van der Waals surface area contributed by atoms with Gasteiger partial charge >= 0.3 is 0 Å². The molecule has 0 bridgehead atoms. The Morgan fingerprint density at radius 1 is 1.00 bits per heavy atom. The first kappa shape index (κ1) is 26.8. The fourth-order valence-corrected chi connectivity index (χ4v) is 4.48. The number of hydrogen-bond acceptors (Lipinski definition) is 5. The molecule has 0 aliphatic heterocycles. The molecule has 0 aliphatic rings. The molecule has 11 heteroatoms. The number of halogens is 2. The molecule has 0 saturated carbocycles. The minimum Gasteiger partial charge on any atom is -0.452 e. The van der Waals surface area contributed by atoms with Crippen molar-refractivity contribution in [2.75, 3.05) is 17.0 Å². The minimum absolute atomic E-state index is 0.104. The molecule has 0 saturated heterocycles. The zero-order chi connectivity index (χ0) is 27.6. The number of benzene rings is 3. The summed E-state index contributed by atoms with van der Waals surface area (Å²) in [5.74, 6) is -2.36. The number of nitrogens with one attached hydrogen (secondary N) is 2. The summed E-state index contributed by atoms with van der Waals surface area (Å²) in [6, 6.07) is 11.8. The van der Waals surface area contributed by atoms with Crippen LogP contribution in [0.1, 0.15) is 29.8 Å². The second-order valence-corrected chi connectivity index (χ2v) is 10.5. The Hall–Kier alpha value is -4.25. The third-order valence-electron chi connectivity index (χ3n) is 5.77. The van der Waals surface area contributed by atoms with Gasteiger partial charge in [-0.1, -0.05) is 0 Å². The smallest absolute Gasteiger partial charge is 0.251 e. The third kappa shape index (κ3) is 5.52. The van der Waals surface area contributed by atoms with Gasteiger partial charge < -0.3 is 14.6 Å². The largest absolute Gasteiger partial charge is 0.452 e. The van der Waals surface area contributed by atoms with Crippen LogP contribution in [-0.2, 0) is 10.0 Å². The zero-order valence-corrected chi connectivity index (χ0v) is 21.7. The van der Waals surface area contributed by atoms with E-state index in [0.717, 1.165) is 12.1 Å². The van der Waals surface area contributed by atoms with E-state index in [1.165, 1.54) is 37.4 Å². The number of hydrogen-bond donors (Lipinski definition) is 2. The zero-order valence-electron chi connectivity index (χ0n) is 20.8. The highest BCUT2D eigenvalue weighted by atomic mass is 32.2. The Balaban J connectivity index is 1.96. The van der Waals surface area contributed by atoms with Crippen LogP contribution < -0.4 is 20.2 Å². The summed E-state index contributed by atoms with van der Waals surface area (Å²) in [5.41, 5.74) is 1.21. The summed E-state index contributed by atoms with van der Waals surface area (Å²) in [6.07, 6.45) is 1.54. The SMILES string of the molecule is CCNC(=O)c1ccc2c(c1)c(=O)c(C)cn2-c1cc(NS(=O)(=O)CC)ccc1Oc1ccc(F)cc1F. The monoisotopic (exact) mass is 541 g/mol. The predicted molar refractivity (Wildman–Crippen MR) is 142 cm³/mol. The van der Waals surface area contributed by atoms with E-state index in [4.69, 9.17) is 4.74 Å². The molecular weight excluding hydrogens is 516 g/mol. The van der Waals surface area contributed by atoms with Crippen LogP contribution in [0.3, 0.4) is 0 Å². The van der Waals surface area contributed by atoms with Crippen LogP contribution in [-0.4, -0.2) is 31.2 Å². The Kier molecular flexibility index (Phi) is 7.49. The van der Waals surface area contributed by atoms with Crippen molar-refractivity contribution in [1.29, 1.82) is 0 Å². The molecule has 0 unspecified atom stereocenters. The molecule has 8 nitrogen and oxygen atoms in total. The number of rotatable bonds is 8. The summed E-state index contributed by atoms with van der Waals surface area (Å²) < 4.78 is 62.2. The lowest BCUT2D eigenvalue weighted by Gasteiger charge is -2.19. The Morgan fingerprint density at radius 2 is 1.74 bits per heavy atom. The fourth-order valence-electron chi connectivity index (χ4n) is 3.85. The van der Waals surface area contributed by atoms with Gasteiger partial charge in [-0.2, -0.15) is 0 Å². The number of fused-ring (bicyclic) bond motifs is 1. The Labute approximate surface area is 217 Å². The maximum atomic E-state index is 14.4. The van der Waals surface area contributed by atoms with Crippen molar-refractivity contribution >= 4 is 32.5 Å². The molecule has 0 radical (unpaired) electrons. The van der Waals surface area contributed by atoms with Crippen LogP contribution in [0.4, 0.5) is 14.5 Å². The van der Waals surface area contributed by atoms with E-state index in [0.29, 0.717) is 29.3 Å². The maximum absolute atomic E-state index is 14.4. The molecule has 0 aliphatic carbocycles. The van der Waals surface area contributed by atoms with Gasteiger partial charge in [-0.05, 0) is 69.3 Å². The van der Waals surface area contributed by atoms with E-state index < -0.39 is 21.7 Å². The summed E-state index contributed by atoms with van der Waals surface area (Å²) in [7, 11) is -3.63. The third-order valence-corrected chi connectivity index (χ3v) is 7.07. The Morgan fingerprint density at radius 3 is 2.42 bits per heavy atom. The molecule has 0 spiro atoms. The summed E-state index contributed by atoms with van der Waals surface area (Å²) >= 11 is 0. The first-order chi connectivity index (χ1) is 18.0. The van der Waals surface area contributed by atoms with Crippen molar-refractivity contribution < 1.29 is 26.7 Å². The number of anilines is 1. The van der Waals surface area contributed by atoms with Gasteiger partial charge in [-0.3, -0.25) is 14.3 Å². The predicted octanol–water partition coefficient (Wildman–Crippen LogP) is 4.88. The summed E-state index contributed by atoms with van der Waals surface area (Å²) in [5, 5.41) is 2.93. The van der Waals surface area contributed by atoms with Gasteiger partial charge in [0.1, 0.15) is 5.82 Å². The number of aromatic nitrogens is 1. The van der Waals surface area contributed by atoms with Gasteiger partial charge in [0.25, 0.3) is 5.91 Å². The highest BCUT2D eigenvalue weighted by Crippen LogP contribution is 2.34. The number of pyridine rings is 1. The van der Waals surface area contributed by atoms with Crippen LogP contribution in [0.15, 0.2) is 65.6 Å². The summed E-state index contributed by atoms with van der Waals surface area (Å²) in [6.45, 7) is 5.28. The number of aryl methyl sites for hydroxylation is 1. The normalized spacial score (nSPS) is 11.4. The molecular formula is C27H25F2N3O5S. The van der Waals surface area contributed by atoms with Crippen molar-refractivity contribution in [2.24, 2.45) is 0 Å². The topological polar surface area (TPSA) is 107 Å². The molecule has 3 aromatic carbocycles. The van der Waals surface area contributed by atoms with Gasteiger partial charge in [-0.15, -0.1) is 0 Å². The molecule has 198 valence electrons. The highest BCUT2D eigenvalue weighted by Gasteiger charge is 2.18. The number of carbonyl (C=O) groups is 1. The molecule has 1 amide bonds. The van der Waals surface area contributed by atoms with Crippen molar-refractivity contribution in [2.45, 2.75) is 20.8 Å². The van der Waals surface area contributed by atoms with Crippen molar-refractivity contribution in [3.8, 4) is 17.2 Å². The van der Waals surface area contributed by atoms with Gasteiger partial charge in [0, 0.05) is 35.3 Å². The Bertz CT molecular complexity index is 1720. The molecule has 4 aromatic rings. The molecule has 1 aromatic heterocycles. The lowest BCUT2D eigenvalue weighted by molar-refractivity contribution is 0.0956. The fraction of sp³-hybridized carbons (Fsp3) is 0.185. The standard InChI is InChI=1S/C27H25F2N3O5S/c1-4-30-27(34)17-6-9-22-20(12-17)26(33)16(3)15-32(22)23-14-19(31-38(35,36)5-2)8-11-25(23)37-24-10-7-18(28)13-21(24)29/h6-15,31H,4-5H2,1-3H3,(H,30,34). The first-order valence-corrected chi connectivity index (χ1v) is 13.4. The van der Waals surface area contributed by atoms with Crippen molar-refractivity contribution in [1.82, 2.24) is 9.88 Å². The second kappa shape index (κ2) is 10.6. The highest BCUT2D eigenvalue weighted by molar-refractivity contribution is 7.92. The number of amides is 1. The van der Waals surface area contributed by atoms with E-state index in [-0.39, 0.29) is 45.3 Å². The number of sulfonamides is 1. The molecule has 1 heterocycles. The van der Waals surface area contributed by atoms with Crippen molar-refractivity contribution in [3.63, 3.8) is 0 Å². The van der Waals surface area contributed by atoms with Gasteiger partial charge in [-0.25, -0.2) is 17.2 Å². The van der Waals surface area contributed by atoms with E-state index in [2.05, 4.69) is 10.0 Å². The maximum Gasteiger partial charge on any atom is 0.251 e. The molecule has 0 atom stereocenters. The van der Waals surface area contributed by atoms with Crippen LogP contribution in [0.25, 0.3) is 16.6 Å². The number of ether oxygens (including phenoxy) is 1. The summed E-state index contributed by atoms with van der Waals surface area (Å²) in [4.78, 5) is 25.4. The van der Waals surface area contributed by atoms with E-state index in [9.17, 15) is 26.8 Å². The lowest BCUT2D eigenvalue weighted by Crippen LogP contribution is -2.23. The van der Waals surface area contributed by atoms with Crippen LogP contribution >= 0.6 is 0 Å². The molecule has 0 fully saturated rings. The number of carbonyl (C=O) groups excluding carboxylic acids is 1. The minimum atomic E-state index is -3.63. The van der Waals surface area contributed by atoms with Crippen LogP contribution in [0, 0.1) is 18.6 Å². The second-order valence-electron chi connectivity index (χ2n) is 8.47. The molecule has 4 rings (SSSR count). The van der Waals surface area contributed by atoms with E-state index in [1.54, 1.807) is 30.5 Å². The van der Waals surface area contributed by atoms with Gasteiger partial charge in [0.05, 0.1) is 22.6 Å². The number of nitrogens with zero attached hydrogens (tertiary/aromatic N) is 1. The van der Waals surface area contributed by atoms with E-state index in [1.807, 2.05) is 0 Å². The quantitative estimate of drug-likeness (QED) is 0.331. The lowest BCUT2D eigenvalue weighted by atomic mass is 10.1. The van der Waals surface area contributed by atoms with Crippen LogP contribution in [0.2, 0.25) is 0 Å². The van der Waals surface area contributed by atoms with Crippen LogP contribution in [0.5, 0.6) is 11.5 Å². The van der Waals surface area contributed by atoms with Crippen molar-refractivity contribution in [3.05, 3.63) is 93.8 Å². The molecule has 2 N–H and O–H groups in total. The average molecular weight is 542 g/mol. The van der Waals surface area contributed by atoms with Gasteiger partial charge in [0.2, 0.25) is 10.0 Å². The van der Waals surface area contributed by atoms with Gasteiger partial charge in [0.15, 0.2) is 22.7 Å². The average Bonchev–Trinajstić information content (AvgIpc) is 2.88. The first-order valence-electron chi connectivity index (χ1n) is 11.7. The molecule has 38 heavy (non-hydrogen) atoms.